The topological polar surface area (TPSA) is 90.6 Å². The number of esters is 1. The number of carbonyl (C=O) groups excluding carboxylic acids is 1. The van der Waals surface area contributed by atoms with Crippen molar-refractivity contribution in [1.29, 1.82) is 0 Å². The lowest BCUT2D eigenvalue weighted by Gasteiger charge is -2.43. The van der Waals surface area contributed by atoms with E-state index in [0.717, 1.165) is 21.5 Å². The molecule has 2 aromatic heterocycles. The van der Waals surface area contributed by atoms with Gasteiger partial charge in [0.1, 0.15) is 17.3 Å². The first kappa shape index (κ1) is 21.7. The summed E-state index contributed by atoms with van der Waals surface area (Å²) in [5.74, 6) is -1.72. The van der Waals surface area contributed by atoms with Crippen LogP contribution in [0.3, 0.4) is 0 Å². The quantitative estimate of drug-likeness (QED) is 0.554. The van der Waals surface area contributed by atoms with Crippen molar-refractivity contribution in [2.45, 2.75) is 50.1 Å². The van der Waals surface area contributed by atoms with E-state index in [2.05, 4.69) is 9.97 Å². The Kier molecular flexibility index (Phi) is 6.30. The lowest BCUT2D eigenvalue weighted by molar-refractivity contribution is -0.234. The van der Waals surface area contributed by atoms with E-state index in [4.69, 9.17) is 15.2 Å². The number of ether oxygens (including phenoxy) is 2. The van der Waals surface area contributed by atoms with E-state index >= 15 is 0 Å². The molecule has 2 aromatic rings. The van der Waals surface area contributed by atoms with Crippen LogP contribution >= 0.6 is 11.3 Å². The second-order valence-electron chi connectivity index (χ2n) is 7.19. The Hall–Kier alpha value is -1.98. The van der Waals surface area contributed by atoms with Crippen LogP contribution in [0.4, 0.5) is 13.2 Å². The highest BCUT2D eigenvalue weighted by atomic mass is 32.1. The third-order valence-corrected chi connectivity index (χ3v) is 6.16. The minimum absolute atomic E-state index is 0.225. The van der Waals surface area contributed by atoms with Gasteiger partial charge in [-0.25, -0.2) is 14.8 Å². The van der Waals surface area contributed by atoms with Crippen LogP contribution in [0.25, 0.3) is 10.2 Å². The molecule has 11 heteroatoms. The Bertz CT molecular complexity index is 864. The van der Waals surface area contributed by atoms with E-state index in [-0.39, 0.29) is 18.9 Å². The van der Waals surface area contributed by atoms with Crippen LogP contribution in [-0.4, -0.2) is 59.5 Å². The van der Waals surface area contributed by atoms with Gasteiger partial charge in [0, 0.05) is 17.7 Å². The van der Waals surface area contributed by atoms with Crippen LogP contribution in [0.5, 0.6) is 5.88 Å². The second-order valence-corrected chi connectivity index (χ2v) is 8.31. The van der Waals surface area contributed by atoms with Crippen molar-refractivity contribution in [3.05, 3.63) is 17.3 Å². The van der Waals surface area contributed by atoms with Crippen molar-refractivity contribution in [3.63, 3.8) is 0 Å². The van der Waals surface area contributed by atoms with Gasteiger partial charge in [-0.05, 0) is 46.0 Å². The molecule has 0 amide bonds. The number of alkyl halides is 3. The Balaban J connectivity index is 1.70. The fraction of sp³-hybridized carbons (Fsp3) is 0.611. The van der Waals surface area contributed by atoms with Crippen molar-refractivity contribution >= 4 is 27.5 Å². The van der Waals surface area contributed by atoms with Gasteiger partial charge in [-0.1, -0.05) is 0 Å². The normalized spacial score (nSPS) is 22.8. The van der Waals surface area contributed by atoms with Crippen LogP contribution in [0.1, 0.15) is 30.6 Å². The zero-order valence-electron chi connectivity index (χ0n) is 16.2. The summed E-state index contributed by atoms with van der Waals surface area (Å²) < 4.78 is 48.9. The number of fused-ring (bicyclic) bond motifs is 1. The highest BCUT2D eigenvalue weighted by molar-refractivity contribution is 7.18. The predicted molar refractivity (Wildman–Crippen MR) is 102 cm³/mol. The van der Waals surface area contributed by atoms with Gasteiger partial charge in [0.2, 0.25) is 5.88 Å². The average molecular weight is 432 g/mol. The molecule has 1 aliphatic rings. The molecule has 0 radical (unpaired) electrons. The van der Waals surface area contributed by atoms with Crippen LogP contribution < -0.4 is 10.5 Å². The van der Waals surface area contributed by atoms with Gasteiger partial charge in [-0.2, -0.15) is 13.2 Å². The largest absolute Gasteiger partial charge is 0.490 e. The van der Waals surface area contributed by atoms with Gasteiger partial charge < -0.3 is 15.2 Å². The monoisotopic (exact) mass is 432 g/mol. The summed E-state index contributed by atoms with van der Waals surface area (Å²) in [4.78, 5) is 23.3. The molecule has 0 bridgehead atoms. The maximum atomic E-state index is 12.7. The van der Waals surface area contributed by atoms with Gasteiger partial charge in [-0.15, -0.1) is 11.3 Å². The summed E-state index contributed by atoms with van der Waals surface area (Å²) in [5.41, 5.74) is 4.31. The number of halogens is 3. The molecule has 1 fully saturated rings. The molecule has 160 valence electrons. The maximum Gasteiger partial charge on any atom is 0.490 e. The number of thiophene rings is 1. The summed E-state index contributed by atoms with van der Waals surface area (Å²) in [5, 5.41) is 0.800. The molecule has 2 N–H and O–H groups in total. The number of hydrogen-bond donors (Lipinski definition) is 1. The fourth-order valence-corrected chi connectivity index (χ4v) is 4.43. The van der Waals surface area contributed by atoms with E-state index in [1.807, 2.05) is 6.07 Å². The predicted octanol–water partition coefficient (Wildman–Crippen LogP) is 2.88. The average Bonchev–Trinajstić information content (AvgIpc) is 3.06. The maximum absolute atomic E-state index is 12.7. The third kappa shape index (κ3) is 4.78. The SMILES string of the molecule is CN(C)C1(OC(=O)C(F)(F)F)CCC(Oc2ncnc3sc(CCN)cc23)CC1. The van der Waals surface area contributed by atoms with E-state index in [1.54, 1.807) is 14.1 Å². The molecule has 0 atom stereocenters. The Labute approximate surface area is 170 Å². The van der Waals surface area contributed by atoms with Crippen molar-refractivity contribution in [2.24, 2.45) is 5.73 Å². The molecular weight excluding hydrogens is 409 g/mol. The van der Waals surface area contributed by atoms with Crippen molar-refractivity contribution in [3.8, 4) is 5.88 Å². The molecule has 7 nitrogen and oxygen atoms in total. The zero-order chi connectivity index (χ0) is 21.2. The first-order valence-electron chi connectivity index (χ1n) is 9.22. The Morgan fingerprint density at radius 1 is 1.34 bits per heavy atom. The first-order chi connectivity index (χ1) is 13.6. The molecule has 0 saturated heterocycles. The Morgan fingerprint density at radius 2 is 2.03 bits per heavy atom. The highest BCUT2D eigenvalue weighted by Gasteiger charge is 2.49. The van der Waals surface area contributed by atoms with Crippen molar-refractivity contribution < 1.29 is 27.4 Å². The number of aromatic nitrogens is 2. The van der Waals surface area contributed by atoms with E-state index in [1.165, 1.54) is 22.6 Å². The van der Waals surface area contributed by atoms with E-state index in [0.29, 0.717) is 25.3 Å². The molecule has 0 spiro atoms. The molecule has 2 heterocycles. The summed E-state index contributed by atoms with van der Waals surface area (Å²) in [6, 6.07) is 1.96. The summed E-state index contributed by atoms with van der Waals surface area (Å²) >= 11 is 1.53. The minimum atomic E-state index is -5.02. The number of hydrogen-bond acceptors (Lipinski definition) is 8. The standard InChI is InChI=1S/C18H23F3N4O3S/c1-25(2)17(28-16(26)18(19,20)21)6-3-11(4-7-17)27-14-13-9-12(5-8-22)29-15(13)24-10-23-14/h9-11H,3-8,22H2,1-2H3. The van der Waals surface area contributed by atoms with Crippen molar-refractivity contribution in [1.82, 2.24) is 14.9 Å². The van der Waals surface area contributed by atoms with E-state index in [9.17, 15) is 18.0 Å². The molecule has 0 unspecified atom stereocenters. The van der Waals surface area contributed by atoms with Gasteiger partial charge >= 0.3 is 12.1 Å². The molecule has 3 rings (SSSR count). The van der Waals surface area contributed by atoms with Crippen molar-refractivity contribution in [2.75, 3.05) is 20.6 Å². The van der Waals surface area contributed by atoms with Gasteiger partial charge in [0.25, 0.3) is 0 Å². The first-order valence-corrected chi connectivity index (χ1v) is 10.0. The molecule has 1 aliphatic carbocycles. The number of nitrogens with two attached hydrogens (primary N) is 1. The lowest BCUT2D eigenvalue weighted by Crippen LogP contribution is -2.53. The summed E-state index contributed by atoms with van der Waals surface area (Å²) in [6.07, 6.45) is -1.81. The summed E-state index contributed by atoms with van der Waals surface area (Å²) in [6.45, 7) is 0.530. The highest BCUT2D eigenvalue weighted by Crippen LogP contribution is 2.38. The smallest absolute Gasteiger partial charge is 0.474 e. The Morgan fingerprint density at radius 3 is 2.62 bits per heavy atom. The van der Waals surface area contributed by atoms with E-state index < -0.39 is 17.9 Å². The molecule has 1 saturated carbocycles. The molecule has 0 aromatic carbocycles. The van der Waals surface area contributed by atoms with Gasteiger partial charge in [0.05, 0.1) is 5.39 Å². The van der Waals surface area contributed by atoms with Crippen LogP contribution in [0.15, 0.2) is 12.4 Å². The number of rotatable bonds is 6. The van der Waals surface area contributed by atoms with Gasteiger partial charge in [-0.3, -0.25) is 4.90 Å². The van der Waals surface area contributed by atoms with Crippen LogP contribution in [-0.2, 0) is 16.0 Å². The minimum Gasteiger partial charge on any atom is -0.474 e. The number of nitrogens with zero attached hydrogens (tertiary/aromatic N) is 3. The summed E-state index contributed by atoms with van der Waals surface area (Å²) in [7, 11) is 3.20. The third-order valence-electron chi connectivity index (χ3n) is 5.06. The van der Waals surface area contributed by atoms with Crippen LogP contribution in [0, 0.1) is 0 Å². The zero-order valence-corrected chi connectivity index (χ0v) is 17.0. The number of carbonyl (C=O) groups is 1. The van der Waals surface area contributed by atoms with Gasteiger partial charge in [0.15, 0.2) is 5.72 Å². The lowest BCUT2D eigenvalue weighted by atomic mass is 9.88. The molecular formula is C18H23F3N4O3S. The molecule has 0 aliphatic heterocycles. The molecule has 29 heavy (non-hydrogen) atoms. The second kappa shape index (κ2) is 8.41. The fourth-order valence-electron chi connectivity index (χ4n) is 3.43. The van der Waals surface area contributed by atoms with Crippen LogP contribution in [0.2, 0.25) is 0 Å².